The van der Waals surface area contributed by atoms with Crippen molar-refractivity contribution in [3.63, 3.8) is 0 Å². The van der Waals surface area contributed by atoms with Crippen molar-refractivity contribution in [2.24, 2.45) is 0 Å². The molecule has 1 aromatic heterocycles. The second-order valence-electron chi connectivity index (χ2n) is 7.75. The van der Waals surface area contributed by atoms with Crippen molar-refractivity contribution in [3.05, 3.63) is 23.4 Å². The maximum absolute atomic E-state index is 12.8. The molecule has 2 aliphatic heterocycles. The summed E-state index contributed by atoms with van der Waals surface area (Å²) in [4.78, 5) is 29.6. The van der Waals surface area contributed by atoms with Gasteiger partial charge in [0.05, 0.1) is 18.6 Å². The van der Waals surface area contributed by atoms with Gasteiger partial charge in [-0.3, -0.25) is 14.5 Å². The van der Waals surface area contributed by atoms with E-state index >= 15 is 0 Å². The Morgan fingerprint density at radius 3 is 2.63 bits per heavy atom. The van der Waals surface area contributed by atoms with E-state index in [1.54, 1.807) is 12.0 Å². The molecule has 30 heavy (non-hydrogen) atoms. The van der Waals surface area contributed by atoms with Crippen LogP contribution in [-0.2, 0) is 32.2 Å². The molecule has 10 heteroatoms. The first kappa shape index (κ1) is 24.0. The van der Waals surface area contributed by atoms with Gasteiger partial charge in [0.1, 0.15) is 13.2 Å². The summed E-state index contributed by atoms with van der Waals surface area (Å²) in [5, 5.41) is 10.7. The van der Waals surface area contributed by atoms with Gasteiger partial charge in [-0.15, -0.1) is 0 Å². The van der Waals surface area contributed by atoms with Gasteiger partial charge in [0.25, 0.3) is 6.47 Å². The summed E-state index contributed by atoms with van der Waals surface area (Å²) in [6, 6.07) is 0. The van der Waals surface area contributed by atoms with Crippen molar-refractivity contribution >= 4 is 12.4 Å². The zero-order chi connectivity index (χ0) is 22.0. The highest BCUT2D eigenvalue weighted by Crippen LogP contribution is 2.32. The summed E-state index contributed by atoms with van der Waals surface area (Å²) in [6.45, 7) is 8.59. The SMILES string of the molecule is COCc1noc(CN2CCOC3(CCN(CC=C(C)C)CC3)CC2=O)n1.O=CO. The van der Waals surface area contributed by atoms with E-state index < -0.39 is 0 Å². The molecule has 1 N–H and O–H groups in total. The van der Waals surface area contributed by atoms with Gasteiger partial charge >= 0.3 is 0 Å². The monoisotopic (exact) mass is 424 g/mol. The predicted octanol–water partition coefficient (Wildman–Crippen LogP) is 1.47. The maximum Gasteiger partial charge on any atom is 0.290 e. The van der Waals surface area contributed by atoms with E-state index in [9.17, 15) is 4.79 Å². The van der Waals surface area contributed by atoms with Crippen LogP contribution >= 0.6 is 0 Å². The Balaban J connectivity index is 0.00000101. The Labute approximate surface area is 176 Å². The van der Waals surface area contributed by atoms with E-state index in [4.69, 9.17) is 23.9 Å². The zero-order valence-electron chi connectivity index (χ0n) is 18.0. The van der Waals surface area contributed by atoms with Gasteiger partial charge in [-0.2, -0.15) is 4.98 Å². The number of allylic oxidation sites excluding steroid dienone is 1. The van der Waals surface area contributed by atoms with E-state index in [2.05, 4.69) is 35.0 Å². The van der Waals surface area contributed by atoms with Gasteiger partial charge in [0, 0.05) is 33.3 Å². The van der Waals surface area contributed by atoms with Crippen molar-refractivity contribution in [1.29, 1.82) is 0 Å². The molecule has 168 valence electrons. The van der Waals surface area contributed by atoms with E-state index in [0.717, 1.165) is 32.5 Å². The molecule has 2 fully saturated rings. The van der Waals surface area contributed by atoms with Crippen LogP contribution in [0.25, 0.3) is 0 Å². The zero-order valence-corrected chi connectivity index (χ0v) is 18.0. The molecule has 10 nitrogen and oxygen atoms in total. The first-order valence-corrected chi connectivity index (χ1v) is 10.1. The second kappa shape index (κ2) is 11.8. The Morgan fingerprint density at radius 1 is 1.30 bits per heavy atom. The van der Waals surface area contributed by atoms with Crippen molar-refractivity contribution in [2.45, 2.75) is 51.9 Å². The number of amides is 1. The Bertz CT molecular complexity index is 708. The number of hydrogen-bond acceptors (Lipinski definition) is 8. The number of piperidine rings is 1. The summed E-state index contributed by atoms with van der Waals surface area (Å²) < 4.78 is 16.4. The molecule has 3 rings (SSSR count). The highest BCUT2D eigenvalue weighted by Gasteiger charge is 2.40. The fraction of sp³-hybridized carbons (Fsp3) is 0.700. The molecule has 0 bridgehead atoms. The number of ether oxygens (including phenoxy) is 2. The number of aromatic nitrogens is 2. The van der Waals surface area contributed by atoms with Crippen LogP contribution in [0.15, 0.2) is 16.2 Å². The molecule has 1 aromatic rings. The van der Waals surface area contributed by atoms with Gasteiger partial charge < -0.3 is 24.0 Å². The number of carboxylic acid groups (broad SMARTS) is 1. The molecular formula is C20H32N4O6. The summed E-state index contributed by atoms with van der Waals surface area (Å²) >= 11 is 0. The number of nitrogens with zero attached hydrogens (tertiary/aromatic N) is 4. The van der Waals surface area contributed by atoms with Crippen molar-refractivity contribution in [1.82, 2.24) is 19.9 Å². The lowest BCUT2D eigenvalue weighted by Gasteiger charge is -2.40. The molecule has 0 atom stereocenters. The van der Waals surface area contributed by atoms with Gasteiger partial charge in [0.15, 0.2) is 5.82 Å². The average molecular weight is 424 g/mol. The molecule has 1 amide bonds. The molecule has 0 aromatic carbocycles. The molecule has 3 heterocycles. The highest BCUT2D eigenvalue weighted by molar-refractivity contribution is 5.77. The quantitative estimate of drug-likeness (QED) is 0.535. The summed E-state index contributed by atoms with van der Waals surface area (Å²) in [6.07, 6.45) is 4.45. The standard InChI is InChI=1S/C19H30N4O4.CH2O2/c1-15(2)4-7-22-8-5-19(6-9-22)12-18(24)23(10-11-26-19)13-17-20-16(14-25-3)21-27-17;2-1-3/h4H,5-14H2,1-3H3;1H,(H,2,3). The van der Waals surface area contributed by atoms with Crippen molar-refractivity contribution < 1.29 is 28.7 Å². The molecule has 1 spiro atoms. The second-order valence-corrected chi connectivity index (χ2v) is 7.75. The normalized spacial score (nSPS) is 19.0. The van der Waals surface area contributed by atoms with Gasteiger partial charge in [-0.05, 0) is 26.7 Å². The number of rotatable bonds is 6. The van der Waals surface area contributed by atoms with Gasteiger partial charge in [-0.25, -0.2) is 0 Å². The number of carbonyl (C=O) groups is 2. The summed E-state index contributed by atoms with van der Waals surface area (Å²) in [5.41, 5.74) is 1.00. The number of carbonyl (C=O) groups excluding carboxylic acids is 1. The number of hydrogen-bond donors (Lipinski definition) is 1. The molecule has 0 saturated carbocycles. The molecule has 2 aliphatic rings. The third kappa shape index (κ3) is 7.19. The Kier molecular flexibility index (Phi) is 9.41. The van der Waals surface area contributed by atoms with E-state index in [0.29, 0.717) is 44.4 Å². The van der Waals surface area contributed by atoms with E-state index in [1.807, 2.05) is 0 Å². The average Bonchev–Trinajstić information content (AvgIpc) is 3.08. The molecule has 0 unspecified atom stereocenters. The fourth-order valence-electron chi connectivity index (χ4n) is 3.58. The molecule has 0 aliphatic carbocycles. The smallest absolute Gasteiger partial charge is 0.290 e. The van der Waals surface area contributed by atoms with Crippen LogP contribution in [0.1, 0.15) is 44.8 Å². The van der Waals surface area contributed by atoms with Crippen molar-refractivity contribution in [2.75, 3.05) is 39.9 Å². The Hall–Kier alpha value is -2.30. The van der Waals surface area contributed by atoms with E-state index in [1.165, 1.54) is 5.57 Å². The minimum absolute atomic E-state index is 0.0942. The first-order chi connectivity index (χ1) is 14.4. The lowest BCUT2D eigenvalue weighted by molar-refractivity contribution is -0.136. The van der Waals surface area contributed by atoms with Gasteiger partial charge in [-0.1, -0.05) is 16.8 Å². The summed E-state index contributed by atoms with van der Waals surface area (Å²) in [5.74, 6) is 1.02. The molecule has 2 saturated heterocycles. The largest absolute Gasteiger partial charge is 0.483 e. The van der Waals surface area contributed by atoms with Crippen LogP contribution in [-0.4, -0.2) is 82.9 Å². The molecular weight excluding hydrogens is 392 g/mol. The highest BCUT2D eigenvalue weighted by atomic mass is 16.5. The topological polar surface area (TPSA) is 118 Å². The lowest BCUT2D eigenvalue weighted by Crippen LogP contribution is -2.47. The van der Waals surface area contributed by atoms with Crippen LogP contribution in [0.2, 0.25) is 0 Å². The third-order valence-corrected chi connectivity index (χ3v) is 5.23. The molecule has 0 radical (unpaired) electrons. The van der Waals surface area contributed by atoms with E-state index in [-0.39, 0.29) is 18.0 Å². The van der Waals surface area contributed by atoms with Crippen LogP contribution in [0.4, 0.5) is 0 Å². The lowest BCUT2D eigenvalue weighted by atomic mass is 9.87. The maximum atomic E-state index is 12.8. The van der Waals surface area contributed by atoms with Crippen LogP contribution < -0.4 is 0 Å². The third-order valence-electron chi connectivity index (χ3n) is 5.23. The number of methoxy groups -OCH3 is 1. The number of likely N-dealkylation sites (tertiary alicyclic amines) is 1. The summed E-state index contributed by atoms with van der Waals surface area (Å²) in [7, 11) is 1.58. The Morgan fingerprint density at radius 2 is 2.00 bits per heavy atom. The fourth-order valence-corrected chi connectivity index (χ4v) is 3.58. The van der Waals surface area contributed by atoms with Crippen LogP contribution in [0.5, 0.6) is 0 Å². The van der Waals surface area contributed by atoms with Crippen LogP contribution in [0, 0.1) is 0 Å². The minimum Gasteiger partial charge on any atom is -0.483 e. The van der Waals surface area contributed by atoms with Crippen molar-refractivity contribution in [3.8, 4) is 0 Å². The predicted molar refractivity (Wildman–Crippen MR) is 108 cm³/mol. The van der Waals surface area contributed by atoms with Gasteiger partial charge in [0.2, 0.25) is 11.8 Å². The van der Waals surface area contributed by atoms with Crippen LogP contribution in [0.3, 0.4) is 0 Å². The first-order valence-electron chi connectivity index (χ1n) is 10.1. The minimum atomic E-state index is -0.330.